The molecule has 0 bridgehead atoms. The van der Waals surface area contributed by atoms with Crippen LogP contribution in [-0.2, 0) is 16.0 Å². The zero-order valence-corrected chi connectivity index (χ0v) is 15.5. The van der Waals surface area contributed by atoms with Crippen LogP contribution < -0.4 is 0 Å². The SMILES string of the molecule is CCC(=O)N1CCCN(C(=O)Cc2ccccc2F)CC1c1nc(C)no1. The van der Waals surface area contributed by atoms with Crippen LogP contribution >= 0.6 is 0 Å². The second-order valence-electron chi connectivity index (χ2n) is 6.60. The van der Waals surface area contributed by atoms with Crippen molar-refractivity contribution in [1.29, 1.82) is 0 Å². The van der Waals surface area contributed by atoms with Crippen molar-refractivity contribution in [2.24, 2.45) is 0 Å². The number of carbonyl (C=O) groups excluding carboxylic acids is 2. The summed E-state index contributed by atoms with van der Waals surface area (Å²) in [5.74, 6) is 0.182. The van der Waals surface area contributed by atoms with Gasteiger partial charge in [0, 0.05) is 19.5 Å². The van der Waals surface area contributed by atoms with Crippen LogP contribution in [-0.4, -0.2) is 51.4 Å². The highest BCUT2D eigenvalue weighted by atomic mass is 19.1. The monoisotopic (exact) mass is 374 g/mol. The Morgan fingerprint density at radius 2 is 2.04 bits per heavy atom. The molecule has 1 aromatic carbocycles. The number of hydrogen-bond acceptors (Lipinski definition) is 5. The molecular formula is C19H23FN4O3. The third-order valence-corrected chi connectivity index (χ3v) is 4.70. The highest BCUT2D eigenvalue weighted by molar-refractivity contribution is 5.79. The molecule has 2 aromatic rings. The summed E-state index contributed by atoms with van der Waals surface area (Å²) in [6.45, 7) is 4.74. The zero-order valence-electron chi connectivity index (χ0n) is 15.5. The van der Waals surface area contributed by atoms with Gasteiger partial charge in [-0.25, -0.2) is 4.39 Å². The summed E-state index contributed by atoms with van der Waals surface area (Å²) in [7, 11) is 0. The van der Waals surface area contributed by atoms with Crippen molar-refractivity contribution in [1.82, 2.24) is 19.9 Å². The molecule has 3 rings (SSSR count). The summed E-state index contributed by atoms with van der Waals surface area (Å²) in [4.78, 5) is 32.8. The van der Waals surface area contributed by atoms with E-state index < -0.39 is 11.9 Å². The van der Waals surface area contributed by atoms with Gasteiger partial charge in [-0.2, -0.15) is 4.98 Å². The molecule has 1 aromatic heterocycles. The standard InChI is InChI=1S/C19H23FN4O3/c1-3-17(25)24-10-6-9-23(12-16(24)19-21-13(2)22-27-19)18(26)11-14-7-4-5-8-15(14)20/h4-5,7-8,16H,3,6,9-12H2,1-2H3. The van der Waals surface area contributed by atoms with E-state index in [4.69, 9.17) is 4.52 Å². The van der Waals surface area contributed by atoms with Gasteiger partial charge in [0.05, 0.1) is 13.0 Å². The molecule has 1 unspecified atom stereocenters. The average Bonchev–Trinajstić information content (AvgIpc) is 2.97. The van der Waals surface area contributed by atoms with Crippen molar-refractivity contribution in [3.05, 3.63) is 47.4 Å². The first-order valence-corrected chi connectivity index (χ1v) is 9.10. The first-order chi connectivity index (χ1) is 13.0. The topological polar surface area (TPSA) is 79.5 Å². The fourth-order valence-corrected chi connectivity index (χ4v) is 3.29. The number of aryl methyl sites for hydroxylation is 1. The Kier molecular flexibility index (Phi) is 5.83. The van der Waals surface area contributed by atoms with Crippen LogP contribution in [0.25, 0.3) is 0 Å². The number of benzene rings is 1. The van der Waals surface area contributed by atoms with E-state index in [-0.39, 0.29) is 24.8 Å². The molecule has 8 heteroatoms. The van der Waals surface area contributed by atoms with Crippen molar-refractivity contribution in [3.63, 3.8) is 0 Å². The number of halogens is 1. The van der Waals surface area contributed by atoms with Crippen molar-refractivity contribution in [2.75, 3.05) is 19.6 Å². The number of nitrogens with zero attached hydrogens (tertiary/aromatic N) is 4. The van der Waals surface area contributed by atoms with E-state index in [1.54, 1.807) is 41.8 Å². The van der Waals surface area contributed by atoms with Gasteiger partial charge in [0.15, 0.2) is 5.82 Å². The Morgan fingerprint density at radius 1 is 1.26 bits per heavy atom. The van der Waals surface area contributed by atoms with Gasteiger partial charge < -0.3 is 14.3 Å². The third-order valence-electron chi connectivity index (χ3n) is 4.70. The molecule has 27 heavy (non-hydrogen) atoms. The van der Waals surface area contributed by atoms with E-state index in [0.717, 1.165) is 0 Å². The quantitative estimate of drug-likeness (QED) is 0.820. The first-order valence-electron chi connectivity index (χ1n) is 9.10. The molecule has 1 aliphatic heterocycles. The normalized spacial score (nSPS) is 17.7. The molecule has 0 N–H and O–H groups in total. The molecule has 0 saturated carbocycles. The summed E-state index contributed by atoms with van der Waals surface area (Å²) < 4.78 is 19.2. The summed E-state index contributed by atoms with van der Waals surface area (Å²) in [6, 6.07) is 5.76. The molecule has 144 valence electrons. The van der Waals surface area contributed by atoms with Gasteiger partial charge in [-0.15, -0.1) is 0 Å². The number of amides is 2. The van der Waals surface area contributed by atoms with Crippen LogP contribution in [0.5, 0.6) is 0 Å². The fraction of sp³-hybridized carbons (Fsp3) is 0.474. The third kappa shape index (κ3) is 4.32. The highest BCUT2D eigenvalue weighted by Crippen LogP contribution is 2.25. The number of aromatic nitrogens is 2. The Labute approximate surface area is 157 Å². The van der Waals surface area contributed by atoms with Crippen LogP contribution in [0, 0.1) is 12.7 Å². The molecule has 0 spiro atoms. The predicted molar refractivity (Wildman–Crippen MR) is 95.1 cm³/mol. The van der Waals surface area contributed by atoms with Crippen molar-refractivity contribution >= 4 is 11.8 Å². The van der Waals surface area contributed by atoms with Crippen LogP contribution in [0.2, 0.25) is 0 Å². The van der Waals surface area contributed by atoms with Gasteiger partial charge in [-0.1, -0.05) is 30.3 Å². The minimum absolute atomic E-state index is 0.0238. The zero-order chi connectivity index (χ0) is 19.4. The van der Waals surface area contributed by atoms with Gasteiger partial charge in [-0.3, -0.25) is 9.59 Å². The van der Waals surface area contributed by atoms with Crippen molar-refractivity contribution in [3.8, 4) is 0 Å². The Balaban J connectivity index is 1.82. The number of hydrogen-bond donors (Lipinski definition) is 0. The van der Waals surface area contributed by atoms with Crippen LogP contribution in [0.1, 0.15) is 43.1 Å². The summed E-state index contributed by atoms with van der Waals surface area (Å²) in [5, 5.41) is 3.81. The van der Waals surface area contributed by atoms with E-state index in [2.05, 4.69) is 10.1 Å². The fourth-order valence-electron chi connectivity index (χ4n) is 3.29. The Morgan fingerprint density at radius 3 is 2.70 bits per heavy atom. The van der Waals surface area contributed by atoms with E-state index in [1.165, 1.54) is 6.07 Å². The lowest BCUT2D eigenvalue weighted by molar-refractivity contribution is -0.136. The van der Waals surface area contributed by atoms with E-state index >= 15 is 0 Å². The lowest BCUT2D eigenvalue weighted by Crippen LogP contribution is -2.40. The van der Waals surface area contributed by atoms with Gasteiger partial charge in [0.25, 0.3) is 5.89 Å². The lowest BCUT2D eigenvalue weighted by atomic mass is 10.1. The molecule has 1 fully saturated rings. The second-order valence-corrected chi connectivity index (χ2v) is 6.60. The van der Waals surface area contributed by atoms with E-state index in [1.807, 2.05) is 0 Å². The number of carbonyl (C=O) groups is 2. The Hall–Kier alpha value is -2.77. The molecule has 1 atom stereocenters. The molecule has 2 heterocycles. The minimum Gasteiger partial charge on any atom is -0.340 e. The molecule has 1 aliphatic rings. The minimum atomic E-state index is -0.495. The maximum atomic E-state index is 13.9. The van der Waals surface area contributed by atoms with Crippen molar-refractivity contribution in [2.45, 2.75) is 39.2 Å². The van der Waals surface area contributed by atoms with Gasteiger partial charge >= 0.3 is 0 Å². The second kappa shape index (κ2) is 8.28. The van der Waals surface area contributed by atoms with Gasteiger partial charge in [-0.05, 0) is 25.0 Å². The molecule has 2 amide bonds. The van der Waals surface area contributed by atoms with Crippen molar-refractivity contribution < 1.29 is 18.5 Å². The molecular weight excluding hydrogens is 351 g/mol. The summed E-state index contributed by atoms with van der Waals surface area (Å²) in [5.41, 5.74) is 0.360. The smallest absolute Gasteiger partial charge is 0.251 e. The van der Waals surface area contributed by atoms with Crippen LogP contribution in [0.3, 0.4) is 0 Å². The summed E-state index contributed by atoms with van der Waals surface area (Å²) >= 11 is 0. The first kappa shape index (κ1) is 19.0. The number of rotatable bonds is 4. The van der Waals surface area contributed by atoms with Crippen LogP contribution in [0.15, 0.2) is 28.8 Å². The molecule has 0 radical (unpaired) electrons. The van der Waals surface area contributed by atoms with Crippen LogP contribution in [0.4, 0.5) is 4.39 Å². The lowest BCUT2D eigenvalue weighted by Gasteiger charge is -2.29. The summed E-state index contributed by atoms with van der Waals surface area (Å²) in [6.07, 6.45) is 0.967. The molecule has 7 nitrogen and oxygen atoms in total. The maximum absolute atomic E-state index is 13.9. The highest BCUT2D eigenvalue weighted by Gasteiger charge is 2.34. The van der Waals surface area contributed by atoms with Gasteiger partial charge in [0.1, 0.15) is 11.9 Å². The maximum Gasteiger partial charge on any atom is 0.251 e. The Bertz CT molecular complexity index is 823. The molecule has 0 aliphatic carbocycles. The molecule has 1 saturated heterocycles. The predicted octanol–water partition coefficient (Wildman–Crippen LogP) is 2.27. The van der Waals surface area contributed by atoms with E-state index in [9.17, 15) is 14.0 Å². The largest absolute Gasteiger partial charge is 0.340 e. The average molecular weight is 374 g/mol. The van der Waals surface area contributed by atoms with E-state index in [0.29, 0.717) is 43.2 Å². The van der Waals surface area contributed by atoms with Gasteiger partial charge in [0.2, 0.25) is 11.8 Å².